The Hall–Kier alpha value is -1.92. The molecule has 0 aliphatic heterocycles. The van der Waals surface area contributed by atoms with Gasteiger partial charge in [-0.2, -0.15) is 0 Å². The maximum Gasteiger partial charge on any atom is 0.358 e. The molecule has 0 spiro atoms. The van der Waals surface area contributed by atoms with Crippen molar-refractivity contribution in [2.24, 2.45) is 0 Å². The fourth-order valence-electron chi connectivity index (χ4n) is 1.78. The molecule has 0 radical (unpaired) electrons. The quantitative estimate of drug-likeness (QED) is 0.802. The van der Waals surface area contributed by atoms with Crippen molar-refractivity contribution in [1.29, 1.82) is 0 Å². The molecule has 2 N–H and O–H groups in total. The Kier molecular flexibility index (Phi) is 5.02. The van der Waals surface area contributed by atoms with Crippen LogP contribution in [0.5, 0.6) is 0 Å². The summed E-state index contributed by atoms with van der Waals surface area (Å²) in [5, 5.41) is 19.3. The van der Waals surface area contributed by atoms with Crippen molar-refractivity contribution in [3.63, 3.8) is 0 Å². The number of rotatable bonds is 6. The summed E-state index contributed by atoms with van der Waals surface area (Å²) < 4.78 is 1.39. The highest BCUT2D eigenvalue weighted by Crippen LogP contribution is 2.14. The zero-order chi connectivity index (χ0) is 14.6. The lowest BCUT2D eigenvalue weighted by atomic mass is 10.2. The first-order chi connectivity index (χ1) is 8.88. The second kappa shape index (κ2) is 6.31. The zero-order valence-electron chi connectivity index (χ0n) is 11.7. The van der Waals surface area contributed by atoms with Crippen LogP contribution in [-0.2, 0) is 11.2 Å². The minimum atomic E-state index is -1.12. The second-order valence-electron chi connectivity index (χ2n) is 4.72. The van der Waals surface area contributed by atoms with Crippen molar-refractivity contribution in [2.75, 3.05) is 0 Å². The molecule has 0 saturated carbocycles. The number of aromatic carboxylic acids is 1. The Balaban J connectivity index is 3.05. The van der Waals surface area contributed by atoms with Gasteiger partial charge in [0, 0.05) is 6.04 Å². The molecule has 7 nitrogen and oxygen atoms in total. The van der Waals surface area contributed by atoms with Crippen LogP contribution >= 0.6 is 0 Å². The lowest BCUT2D eigenvalue weighted by molar-refractivity contribution is -0.124. The maximum atomic E-state index is 11.9. The van der Waals surface area contributed by atoms with E-state index in [4.69, 9.17) is 5.11 Å². The van der Waals surface area contributed by atoms with Crippen molar-refractivity contribution >= 4 is 11.9 Å². The number of carbonyl (C=O) groups excluding carboxylic acids is 1. The normalized spacial score (nSPS) is 12.5. The summed E-state index contributed by atoms with van der Waals surface area (Å²) in [4.78, 5) is 23.0. The van der Waals surface area contributed by atoms with Gasteiger partial charge in [0.2, 0.25) is 5.91 Å². The van der Waals surface area contributed by atoms with Crippen LogP contribution in [0.2, 0.25) is 0 Å². The smallest absolute Gasteiger partial charge is 0.358 e. The Morgan fingerprint density at radius 3 is 2.47 bits per heavy atom. The summed E-state index contributed by atoms with van der Waals surface area (Å²) in [7, 11) is 0. The van der Waals surface area contributed by atoms with Gasteiger partial charge in [0.15, 0.2) is 5.69 Å². The predicted molar refractivity (Wildman–Crippen MR) is 69.0 cm³/mol. The van der Waals surface area contributed by atoms with E-state index in [0.717, 1.165) is 6.42 Å². The van der Waals surface area contributed by atoms with Gasteiger partial charge in [-0.3, -0.25) is 4.79 Å². The molecule has 106 valence electrons. The molecule has 0 fully saturated rings. The Bertz CT molecular complexity index is 468. The first-order valence-corrected chi connectivity index (χ1v) is 6.36. The number of carbonyl (C=O) groups is 2. The van der Waals surface area contributed by atoms with Crippen LogP contribution in [-0.4, -0.2) is 38.0 Å². The average molecular weight is 268 g/mol. The highest BCUT2D eigenvalue weighted by atomic mass is 16.4. The molecule has 1 heterocycles. The minimum Gasteiger partial charge on any atom is -0.476 e. The molecular formula is C12H20N4O3. The molecular weight excluding hydrogens is 248 g/mol. The predicted octanol–water partition coefficient (Wildman–Crippen LogP) is 1.01. The van der Waals surface area contributed by atoms with Crippen LogP contribution in [0.15, 0.2) is 0 Å². The monoisotopic (exact) mass is 268 g/mol. The van der Waals surface area contributed by atoms with E-state index in [1.165, 1.54) is 4.68 Å². The standard InChI is InChI=1S/C12H20N4O3/c1-5-6-9-10(12(18)19)14-15-16(9)8(4)11(17)13-7(2)3/h7-8H,5-6H2,1-4H3,(H,13,17)(H,18,19). The molecule has 1 aromatic rings. The largest absolute Gasteiger partial charge is 0.476 e. The third kappa shape index (κ3) is 3.52. The van der Waals surface area contributed by atoms with Crippen molar-refractivity contribution in [1.82, 2.24) is 20.3 Å². The van der Waals surface area contributed by atoms with Gasteiger partial charge >= 0.3 is 5.97 Å². The van der Waals surface area contributed by atoms with E-state index in [-0.39, 0.29) is 17.6 Å². The zero-order valence-corrected chi connectivity index (χ0v) is 11.7. The number of amides is 1. The number of carboxylic acids is 1. The number of carboxylic acid groups (broad SMARTS) is 1. The average Bonchev–Trinajstić information content (AvgIpc) is 2.71. The molecule has 1 amide bonds. The molecule has 0 aromatic carbocycles. The van der Waals surface area contributed by atoms with Gasteiger partial charge in [-0.1, -0.05) is 18.6 Å². The van der Waals surface area contributed by atoms with E-state index in [9.17, 15) is 9.59 Å². The summed E-state index contributed by atoms with van der Waals surface area (Å²) in [6, 6.07) is -0.559. The highest BCUT2D eigenvalue weighted by molar-refractivity contribution is 5.87. The van der Waals surface area contributed by atoms with Crippen molar-refractivity contribution in [2.45, 2.75) is 52.6 Å². The lowest BCUT2D eigenvalue weighted by Gasteiger charge is -2.16. The Morgan fingerprint density at radius 1 is 1.37 bits per heavy atom. The number of hydrogen-bond acceptors (Lipinski definition) is 4. The van der Waals surface area contributed by atoms with Crippen molar-refractivity contribution in [3.05, 3.63) is 11.4 Å². The molecule has 7 heteroatoms. The van der Waals surface area contributed by atoms with Gasteiger partial charge in [-0.25, -0.2) is 9.48 Å². The molecule has 0 aliphatic rings. The topological polar surface area (TPSA) is 97.1 Å². The number of nitrogens with zero attached hydrogens (tertiary/aromatic N) is 3. The van der Waals surface area contributed by atoms with Crippen LogP contribution in [0.1, 0.15) is 56.3 Å². The lowest BCUT2D eigenvalue weighted by Crippen LogP contribution is -2.36. The summed E-state index contributed by atoms with van der Waals surface area (Å²) in [6.45, 7) is 7.34. The molecule has 0 saturated heterocycles. The molecule has 1 rings (SSSR count). The Morgan fingerprint density at radius 2 is 2.00 bits per heavy atom. The fraction of sp³-hybridized carbons (Fsp3) is 0.667. The van der Waals surface area contributed by atoms with Crippen LogP contribution in [0.4, 0.5) is 0 Å². The first kappa shape index (κ1) is 15.1. The summed E-state index contributed by atoms with van der Waals surface area (Å²) in [5.41, 5.74) is 0.410. The van der Waals surface area contributed by atoms with Crippen molar-refractivity contribution in [3.8, 4) is 0 Å². The molecule has 19 heavy (non-hydrogen) atoms. The van der Waals surface area contributed by atoms with Crippen LogP contribution in [0.3, 0.4) is 0 Å². The Labute approximate surface area is 112 Å². The maximum absolute atomic E-state index is 11.9. The van der Waals surface area contributed by atoms with Gasteiger partial charge in [0.05, 0.1) is 5.69 Å². The third-order valence-electron chi connectivity index (χ3n) is 2.66. The van der Waals surface area contributed by atoms with Crippen LogP contribution in [0.25, 0.3) is 0 Å². The van der Waals surface area contributed by atoms with Gasteiger partial charge in [0.1, 0.15) is 6.04 Å². The third-order valence-corrected chi connectivity index (χ3v) is 2.66. The van der Waals surface area contributed by atoms with E-state index < -0.39 is 12.0 Å². The van der Waals surface area contributed by atoms with Gasteiger partial charge in [0.25, 0.3) is 0 Å². The summed E-state index contributed by atoms with van der Waals surface area (Å²) in [6.07, 6.45) is 1.28. The van der Waals surface area contributed by atoms with E-state index in [2.05, 4.69) is 15.6 Å². The summed E-state index contributed by atoms with van der Waals surface area (Å²) >= 11 is 0. The van der Waals surface area contributed by atoms with Gasteiger partial charge in [-0.15, -0.1) is 5.10 Å². The van der Waals surface area contributed by atoms with Gasteiger partial charge in [-0.05, 0) is 27.2 Å². The summed E-state index contributed by atoms with van der Waals surface area (Å²) in [5.74, 6) is -1.32. The van der Waals surface area contributed by atoms with Gasteiger partial charge < -0.3 is 10.4 Å². The minimum absolute atomic E-state index is 0.0204. The SMILES string of the molecule is CCCc1c(C(=O)O)nnn1C(C)C(=O)NC(C)C. The first-order valence-electron chi connectivity index (χ1n) is 6.36. The molecule has 0 aliphatic carbocycles. The number of hydrogen-bond donors (Lipinski definition) is 2. The van der Waals surface area contributed by atoms with Crippen molar-refractivity contribution < 1.29 is 14.7 Å². The van der Waals surface area contributed by atoms with Crippen LogP contribution < -0.4 is 5.32 Å². The number of nitrogens with one attached hydrogen (secondary N) is 1. The molecule has 0 bridgehead atoms. The molecule has 1 aromatic heterocycles. The molecule has 1 atom stereocenters. The van der Waals surface area contributed by atoms with E-state index in [1.54, 1.807) is 6.92 Å². The van der Waals surface area contributed by atoms with E-state index in [0.29, 0.717) is 12.1 Å². The highest BCUT2D eigenvalue weighted by Gasteiger charge is 2.24. The molecule has 1 unspecified atom stereocenters. The van der Waals surface area contributed by atoms with E-state index in [1.807, 2.05) is 20.8 Å². The van der Waals surface area contributed by atoms with E-state index >= 15 is 0 Å². The second-order valence-corrected chi connectivity index (χ2v) is 4.72. The van der Waals surface area contributed by atoms with Crippen LogP contribution in [0, 0.1) is 0 Å². The number of aromatic nitrogens is 3. The fourth-order valence-corrected chi connectivity index (χ4v) is 1.78.